The number of carbonyl (C=O) groups is 2. The Morgan fingerprint density at radius 3 is 2.27 bits per heavy atom. The Kier molecular flexibility index (Phi) is 9.77. The van der Waals surface area contributed by atoms with Crippen molar-refractivity contribution < 1.29 is 22.7 Å². The highest BCUT2D eigenvalue weighted by molar-refractivity contribution is 7.93. The number of likely N-dealkylation sites (tertiary alicyclic amines) is 1. The summed E-state index contributed by atoms with van der Waals surface area (Å²) in [6.07, 6.45) is 2.19. The van der Waals surface area contributed by atoms with Gasteiger partial charge in [-0.15, -0.1) is 0 Å². The number of urea groups is 1. The number of rotatable bonds is 8. The molecular formula is C36H44ClN5O5S. The minimum absolute atomic E-state index is 0.0357. The van der Waals surface area contributed by atoms with Crippen LogP contribution in [0.4, 0.5) is 10.5 Å². The molecule has 6 rings (SSSR count). The molecule has 0 radical (unpaired) electrons. The molecule has 0 bridgehead atoms. The van der Waals surface area contributed by atoms with Gasteiger partial charge >= 0.3 is 6.03 Å². The molecule has 3 amide bonds. The number of nitrogens with zero attached hydrogens (tertiary/aromatic N) is 4. The van der Waals surface area contributed by atoms with Gasteiger partial charge in [-0.2, -0.15) is 4.31 Å². The Morgan fingerprint density at radius 1 is 0.958 bits per heavy atom. The lowest BCUT2D eigenvalue weighted by atomic mass is 9.83. The maximum Gasteiger partial charge on any atom is 0.318 e. The molecule has 1 unspecified atom stereocenters. The smallest absolute Gasteiger partial charge is 0.318 e. The summed E-state index contributed by atoms with van der Waals surface area (Å²) in [5.74, 6) is -0.285. The van der Waals surface area contributed by atoms with E-state index in [4.69, 9.17) is 16.3 Å². The van der Waals surface area contributed by atoms with Crippen molar-refractivity contribution in [1.82, 2.24) is 20.0 Å². The largest absolute Gasteiger partial charge is 0.493 e. The fourth-order valence-electron chi connectivity index (χ4n) is 7.13. The third-order valence-corrected chi connectivity index (χ3v) is 11.8. The van der Waals surface area contributed by atoms with E-state index in [1.54, 1.807) is 53.4 Å². The van der Waals surface area contributed by atoms with Crippen LogP contribution >= 0.6 is 11.6 Å². The Labute approximate surface area is 288 Å². The Bertz CT molecular complexity index is 1770. The minimum atomic E-state index is -4.42. The number of piperidine rings is 1. The quantitative estimate of drug-likeness (QED) is 0.343. The van der Waals surface area contributed by atoms with Gasteiger partial charge in [0.1, 0.15) is 5.75 Å². The van der Waals surface area contributed by atoms with Gasteiger partial charge in [-0.1, -0.05) is 55.8 Å². The van der Waals surface area contributed by atoms with Crippen LogP contribution in [0, 0.1) is 0 Å². The summed E-state index contributed by atoms with van der Waals surface area (Å²) in [6.45, 7) is 10.7. The molecule has 0 spiro atoms. The van der Waals surface area contributed by atoms with Crippen LogP contribution in [0.1, 0.15) is 56.2 Å². The molecule has 1 N–H and O–H groups in total. The number of fused-ring (bicyclic) bond motifs is 1. The molecule has 48 heavy (non-hydrogen) atoms. The molecule has 256 valence electrons. The maximum absolute atomic E-state index is 15.1. The number of amides is 3. The topological polar surface area (TPSA) is 102 Å². The normalized spacial score (nSPS) is 21.1. The van der Waals surface area contributed by atoms with Gasteiger partial charge in [-0.3, -0.25) is 9.69 Å². The van der Waals surface area contributed by atoms with Crippen LogP contribution in [0.3, 0.4) is 0 Å². The van der Waals surface area contributed by atoms with Crippen molar-refractivity contribution >= 4 is 39.2 Å². The lowest BCUT2D eigenvalue weighted by Crippen LogP contribution is -2.61. The number of piperazine rings is 1. The zero-order valence-corrected chi connectivity index (χ0v) is 29.6. The van der Waals surface area contributed by atoms with E-state index < -0.39 is 27.5 Å². The Hall–Kier alpha value is -3.64. The minimum Gasteiger partial charge on any atom is -0.493 e. The SMILES string of the molecule is CCOc1ccccc1C1(NC(=O)N2CCN(C3CCN(C)CC3)CC2)C(=O)N(S(=O)(=O)c2ccc(C(C)C)cc2)c2ccc(Cl)cc21. The molecular weight excluding hydrogens is 650 g/mol. The van der Waals surface area contributed by atoms with Gasteiger partial charge < -0.3 is 19.9 Å². The van der Waals surface area contributed by atoms with E-state index in [1.807, 2.05) is 20.8 Å². The molecule has 2 saturated heterocycles. The van der Waals surface area contributed by atoms with E-state index in [2.05, 4.69) is 22.2 Å². The van der Waals surface area contributed by atoms with Crippen molar-refractivity contribution in [3.8, 4) is 5.75 Å². The molecule has 12 heteroatoms. The number of para-hydroxylation sites is 1. The first-order valence-electron chi connectivity index (χ1n) is 16.7. The summed E-state index contributed by atoms with van der Waals surface area (Å²) in [5, 5.41) is 3.35. The molecule has 3 aromatic rings. The van der Waals surface area contributed by atoms with Crippen molar-refractivity contribution in [2.75, 3.05) is 57.2 Å². The second-order valence-corrected chi connectivity index (χ2v) is 15.3. The van der Waals surface area contributed by atoms with Gasteiger partial charge in [0.25, 0.3) is 15.9 Å². The highest BCUT2D eigenvalue weighted by atomic mass is 35.5. The molecule has 10 nitrogen and oxygen atoms in total. The van der Waals surface area contributed by atoms with E-state index in [0.29, 0.717) is 55.2 Å². The van der Waals surface area contributed by atoms with Crippen molar-refractivity contribution in [2.24, 2.45) is 0 Å². The van der Waals surface area contributed by atoms with Crippen molar-refractivity contribution in [1.29, 1.82) is 0 Å². The monoisotopic (exact) mass is 693 g/mol. The van der Waals surface area contributed by atoms with Gasteiger partial charge in [-0.05, 0) is 87.8 Å². The lowest BCUT2D eigenvalue weighted by molar-refractivity contribution is -0.121. The molecule has 1 atom stereocenters. The number of nitrogens with one attached hydrogen (secondary N) is 1. The summed E-state index contributed by atoms with van der Waals surface area (Å²) in [7, 11) is -2.28. The Balaban J connectivity index is 1.41. The van der Waals surface area contributed by atoms with Gasteiger partial charge in [0, 0.05) is 48.4 Å². The zero-order valence-electron chi connectivity index (χ0n) is 28.0. The number of anilines is 1. The molecule has 3 heterocycles. The molecule has 0 aliphatic carbocycles. The zero-order chi connectivity index (χ0) is 34.2. The van der Waals surface area contributed by atoms with Crippen molar-refractivity contribution in [3.05, 3.63) is 88.4 Å². The number of ether oxygens (including phenoxy) is 1. The van der Waals surface area contributed by atoms with Crippen LogP contribution in [0.5, 0.6) is 5.75 Å². The van der Waals surface area contributed by atoms with Crippen LogP contribution in [0.15, 0.2) is 71.6 Å². The predicted octanol–water partition coefficient (Wildman–Crippen LogP) is 5.26. The second kappa shape index (κ2) is 13.7. The summed E-state index contributed by atoms with van der Waals surface area (Å²) >= 11 is 6.55. The molecule has 3 aromatic carbocycles. The van der Waals surface area contributed by atoms with E-state index in [9.17, 15) is 13.2 Å². The molecule has 0 saturated carbocycles. The van der Waals surface area contributed by atoms with E-state index in [0.717, 1.165) is 35.8 Å². The highest BCUT2D eigenvalue weighted by Gasteiger charge is 2.58. The van der Waals surface area contributed by atoms with Gasteiger partial charge in [0.15, 0.2) is 5.54 Å². The number of carbonyl (C=O) groups excluding carboxylic acids is 2. The maximum atomic E-state index is 15.1. The first-order chi connectivity index (χ1) is 23.0. The number of halogens is 1. The fraction of sp³-hybridized carbons (Fsp3) is 0.444. The van der Waals surface area contributed by atoms with Gasteiger partial charge in [0.2, 0.25) is 0 Å². The number of hydrogen-bond donors (Lipinski definition) is 1. The van der Waals surface area contributed by atoms with E-state index in [-0.39, 0.29) is 22.1 Å². The van der Waals surface area contributed by atoms with Crippen LogP contribution < -0.4 is 14.4 Å². The highest BCUT2D eigenvalue weighted by Crippen LogP contribution is 2.50. The third kappa shape index (κ3) is 6.17. The molecule has 3 aliphatic rings. The summed E-state index contributed by atoms with van der Waals surface area (Å²) in [4.78, 5) is 35.8. The van der Waals surface area contributed by atoms with Crippen LogP contribution in [0.25, 0.3) is 0 Å². The standard InChI is InChI=1S/C36H44ClN5O5S/c1-5-47-33-9-7-6-8-30(33)36(38-35(44)41-22-20-40(21-23-41)28-16-18-39(4)19-17-28)31-24-27(37)12-15-32(31)42(34(36)43)48(45,46)29-13-10-26(11-14-29)25(2)3/h6-15,24-25,28H,5,16-23H2,1-4H3,(H,38,44). The molecule has 2 fully saturated rings. The first kappa shape index (κ1) is 34.2. The average molecular weight is 694 g/mol. The lowest BCUT2D eigenvalue weighted by Gasteiger charge is -2.43. The number of benzene rings is 3. The molecule has 0 aromatic heterocycles. The molecule has 3 aliphatic heterocycles. The number of hydrogen-bond acceptors (Lipinski definition) is 7. The van der Waals surface area contributed by atoms with Gasteiger partial charge in [0.05, 0.1) is 17.2 Å². The predicted molar refractivity (Wildman–Crippen MR) is 187 cm³/mol. The second-order valence-electron chi connectivity index (χ2n) is 13.1. The van der Waals surface area contributed by atoms with Crippen LogP contribution in [0.2, 0.25) is 5.02 Å². The fourth-order valence-corrected chi connectivity index (χ4v) is 8.76. The number of sulfonamides is 1. The summed E-state index contributed by atoms with van der Waals surface area (Å²) in [5.41, 5.74) is -0.272. The summed E-state index contributed by atoms with van der Waals surface area (Å²) < 4.78 is 35.6. The average Bonchev–Trinajstić information content (AvgIpc) is 3.33. The summed E-state index contributed by atoms with van der Waals surface area (Å²) in [6, 6.07) is 18.1. The van der Waals surface area contributed by atoms with Crippen LogP contribution in [-0.4, -0.2) is 94.0 Å². The van der Waals surface area contributed by atoms with Crippen molar-refractivity contribution in [2.45, 2.75) is 56.0 Å². The van der Waals surface area contributed by atoms with E-state index in [1.165, 1.54) is 18.2 Å². The van der Waals surface area contributed by atoms with Crippen LogP contribution in [-0.2, 0) is 20.4 Å². The first-order valence-corrected chi connectivity index (χ1v) is 18.5. The Morgan fingerprint density at radius 2 is 1.62 bits per heavy atom. The van der Waals surface area contributed by atoms with Gasteiger partial charge in [-0.25, -0.2) is 13.2 Å². The van der Waals surface area contributed by atoms with Crippen molar-refractivity contribution in [3.63, 3.8) is 0 Å². The van der Waals surface area contributed by atoms with E-state index >= 15 is 4.79 Å². The third-order valence-electron chi connectivity index (χ3n) is 9.86.